The van der Waals surface area contributed by atoms with E-state index in [4.69, 9.17) is 4.74 Å². The first kappa shape index (κ1) is 11.2. The van der Waals surface area contributed by atoms with Gasteiger partial charge in [0.25, 0.3) is 11.8 Å². The van der Waals surface area contributed by atoms with Crippen LogP contribution in [0, 0.1) is 23.5 Å². The Labute approximate surface area is 91.4 Å². The van der Waals surface area contributed by atoms with Gasteiger partial charge in [-0.05, 0) is 12.3 Å². The molecule has 0 aromatic carbocycles. The monoisotopic (exact) mass is 231 g/mol. The number of hydrogen-bond acceptors (Lipinski definition) is 2. The highest BCUT2D eigenvalue weighted by Crippen LogP contribution is 2.29. The highest BCUT2D eigenvalue weighted by Gasteiger charge is 2.18. The number of nitrogens with zero attached hydrogens (tertiary/aromatic N) is 1. The molecule has 0 bridgehead atoms. The Morgan fingerprint density at radius 2 is 2.00 bits per heavy atom. The van der Waals surface area contributed by atoms with E-state index in [1.807, 2.05) is 0 Å². The number of aromatic nitrogens is 1. The van der Waals surface area contributed by atoms with Crippen molar-refractivity contribution in [1.29, 1.82) is 0 Å². The van der Waals surface area contributed by atoms with Crippen LogP contribution in [0.25, 0.3) is 0 Å². The maximum Gasteiger partial charge on any atom is 0.253 e. The van der Waals surface area contributed by atoms with Crippen LogP contribution in [0.5, 0.6) is 5.88 Å². The molecule has 0 radical (unpaired) electrons. The second kappa shape index (κ2) is 4.72. The third kappa shape index (κ3) is 2.46. The predicted octanol–water partition coefficient (Wildman–Crippen LogP) is 3.07. The van der Waals surface area contributed by atoms with Crippen molar-refractivity contribution in [3.63, 3.8) is 0 Å². The van der Waals surface area contributed by atoms with Crippen LogP contribution in [-0.2, 0) is 0 Å². The molecule has 1 aromatic heterocycles. The summed E-state index contributed by atoms with van der Waals surface area (Å²) in [6.45, 7) is 0.291. The van der Waals surface area contributed by atoms with Crippen LogP contribution in [0.3, 0.4) is 0 Å². The Bertz CT molecular complexity index is 380. The largest absolute Gasteiger partial charge is 0.476 e. The van der Waals surface area contributed by atoms with Crippen LogP contribution in [-0.4, -0.2) is 11.6 Å². The smallest absolute Gasteiger partial charge is 0.253 e. The number of rotatable bonds is 4. The highest BCUT2D eigenvalue weighted by molar-refractivity contribution is 5.15. The van der Waals surface area contributed by atoms with Gasteiger partial charge in [0, 0.05) is 6.07 Å². The summed E-state index contributed by atoms with van der Waals surface area (Å²) >= 11 is 0. The number of hydrogen-bond donors (Lipinski definition) is 0. The Morgan fingerprint density at radius 3 is 2.62 bits per heavy atom. The minimum absolute atomic E-state index is 0.291. The number of halogens is 3. The van der Waals surface area contributed by atoms with Crippen molar-refractivity contribution in [2.75, 3.05) is 6.61 Å². The van der Waals surface area contributed by atoms with Gasteiger partial charge in [0.2, 0.25) is 0 Å². The van der Waals surface area contributed by atoms with Gasteiger partial charge < -0.3 is 4.74 Å². The molecule has 5 heteroatoms. The molecule has 2 nitrogen and oxygen atoms in total. The minimum Gasteiger partial charge on any atom is -0.476 e. The predicted molar refractivity (Wildman–Crippen MR) is 51.6 cm³/mol. The summed E-state index contributed by atoms with van der Waals surface area (Å²) in [6, 6.07) is 0.445. The summed E-state index contributed by atoms with van der Waals surface area (Å²) in [5, 5.41) is 0. The van der Waals surface area contributed by atoms with E-state index in [0.717, 1.165) is 19.3 Å². The molecule has 0 saturated heterocycles. The van der Waals surface area contributed by atoms with Crippen LogP contribution in [0.1, 0.15) is 25.7 Å². The van der Waals surface area contributed by atoms with Crippen molar-refractivity contribution in [3.8, 4) is 5.88 Å². The van der Waals surface area contributed by atoms with Gasteiger partial charge in [0.15, 0.2) is 11.6 Å². The van der Waals surface area contributed by atoms with E-state index in [1.54, 1.807) is 0 Å². The SMILES string of the molecule is Fc1cc(F)c(OCCC2CCC2)nc1F. The lowest BCUT2D eigenvalue weighted by Crippen LogP contribution is -2.15. The van der Waals surface area contributed by atoms with Gasteiger partial charge in [-0.15, -0.1) is 0 Å². The van der Waals surface area contributed by atoms with E-state index in [2.05, 4.69) is 4.98 Å². The topological polar surface area (TPSA) is 22.1 Å². The quantitative estimate of drug-likeness (QED) is 0.743. The second-order valence-corrected chi connectivity index (χ2v) is 3.98. The lowest BCUT2D eigenvalue weighted by atomic mass is 9.83. The van der Waals surface area contributed by atoms with Gasteiger partial charge in [-0.25, -0.2) is 8.78 Å². The molecule has 1 fully saturated rings. The average Bonchev–Trinajstić information content (AvgIpc) is 2.17. The minimum atomic E-state index is -1.33. The third-order valence-electron chi connectivity index (χ3n) is 2.84. The summed E-state index contributed by atoms with van der Waals surface area (Å²) < 4.78 is 43.3. The van der Waals surface area contributed by atoms with Crippen molar-refractivity contribution in [2.24, 2.45) is 5.92 Å². The molecule has 1 heterocycles. The van der Waals surface area contributed by atoms with Crippen molar-refractivity contribution in [3.05, 3.63) is 23.6 Å². The molecule has 88 valence electrons. The number of ether oxygens (including phenoxy) is 1. The average molecular weight is 231 g/mol. The van der Waals surface area contributed by atoms with Gasteiger partial charge >= 0.3 is 0 Å². The zero-order chi connectivity index (χ0) is 11.5. The summed E-state index contributed by atoms with van der Waals surface area (Å²) in [5.41, 5.74) is 0. The van der Waals surface area contributed by atoms with Gasteiger partial charge in [-0.3, -0.25) is 0 Å². The summed E-state index contributed by atoms with van der Waals surface area (Å²) in [7, 11) is 0. The summed E-state index contributed by atoms with van der Waals surface area (Å²) in [6.07, 6.45) is 4.36. The van der Waals surface area contributed by atoms with Crippen molar-refractivity contribution >= 4 is 0 Å². The Balaban J connectivity index is 1.90. The molecular weight excluding hydrogens is 219 g/mol. The molecule has 16 heavy (non-hydrogen) atoms. The fourth-order valence-electron chi connectivity index (χ4n) is 1.63. The molecule has 2 rings (SSSR count). The van der Waals surface area contributed by atoms with E-state index >= 15 is 0 Å². The van der Waals surface area contributed by atoms with Crippen LogP contribution in [0.2, 0.25) is 0 Å². The maximum atomic E-state index is 13.1. The molecule has 1 aliphatic carbocycles. The van der Waals surface area contributed by atoms with Gasteiger partial charge in [0.1, 0.15) is 0 Å². The summed E-state index contributed by atoms with van der Waals surface area (Å²) in [4.78, 5) is 3.07. The van der Waals surface area contributed by atoms with E-state index in [1.165, 1.54) is 6.42 Å². The Hall–Kier alpha value is -1.26. The normalized spacial score (nSPS) is 15.9. The van der Waals surface area contributed by atoms with E-state index < -0.39 is 23.5 Å². The first-order valence-electron chi connectivity index (χ1n) is 5.31. The van der Waals surface area contributed by atoms with Gasteiger partial charge in [-0.2, -0.15) is 9.37 Å². The molecule has 0 aliphatic heterocycles. The third-order valence-corrected chi connectivity index (χ3v) is 2.84. The molecule has 1 aromatic rings. The fourth-order valence-corrected chi connectivity index (χ4v) is 1.63. The van der Waals surface area contributed by atoms with Gasteiger partial charge in [-0.1, -0.05) is 19.3 Å². The van der Waals surface area contributed by atoms with Crippen LogP contribution >= 0.6 is 0 Å². The lowest BCUT2D eigenvalue weighted by molar-refractivity contribution is 0.208. The van der Waals surface area contributed by atoms with Crippen molar-refractivity contribution in [2.45, 2.75) is 25.7 Å². The molecule has 1 aliphatic rings. The standard InChI is InChI=1S/C11H12F3NO/c12-8-6-9(13)11(15-10(8)14)16-5-4-7-2-1-3-7/h6-7H,1-5H2. The molecular formula is C11H12F3NO. The van der Waals surface area contributed by atoms with Crippen molar-refractivity contribution < 1.29 is 17.9 Å². The Morgan fingerprint density at radius 1 is 1.25 bits per heavy atom. The maximum absolute atomic E-state index is 13.1. The molecule has 0 spiro atoms. The van der Waals surface area contributed by atoms with Crippen LogP contribution in [0.4, 0.5) is 13.2 Å². The van der Waals surface area contributed by atoms with Crippen LogP contribution < -0.4 is 4.74 Å². The first-order valence-corrected chi connectivity index (χ1v) is 5.31. The molecule has 0 amide bonds. The second-order valence-electron chi connectivity index (χ2n) is 3.98. The molecule has 1 saturated carbocycles. The zero-order valence-electron chi connectivity index (χ0n) is 8.68. The van der Waals surface area contributed by atoms with Crippen molar-refractivity contribution in [1.82, 2.24) is 4.98 Å². The van der Waals surface area contributed by atoms with Gasteiger partial charge in [0.05, 0.1) is 6.61 Å². The lowest BCUT2D eigenvalue weighted by Gasteiger charge is -2.24. The highest BCUT2D eigenvalue weighted by atomic mass is 19.2. The zero-order valence-corrected chi connectivity index (χ0v) is 8.68. The molecule has 0 N–H and O–H groups in total. The molecule has 0 atom stereocenters. The Kier molecular flexibility index (Phi) is 3.31. The van der Waals surface area contributed by atoms with E-state index in [0.29, 0.717) is 18.6 Å². The van der Waals surface area contributed by atoms with E-state index in [-0.39, 0.29) is 0 Å². The number of pyridine rings is 1. The van der Waals surface area contributed by atoms with Crippen LogP contribution in [0.15, 0.2) is 6.07 Å². The van der Waals surface area contributed by atoms with E-state index in [9.17, 15) is 13.2 Å². The fraction of sp³-hybridized carbons (Fsp3) is 0.545. The molecule has 0 unspecified atom stereocenters. The first-order chi connectivity index (χ1) is 7.66. The summed E-state index contributed by atoms with van der Waals surface area (Å²) in [5.74, 6) is -3.44.